The molecule has 1 saturated heterocycles. The topological polar surface area (TPSA) is 67.4 Å². The summed E-state index contributed by atoms with van der Waals surface area (Å²) in [4.78, 5) is 6.98. The number of halogens is 3. The second kappa shape index (κ2) is 15.4. The lowest BCUT2D eigenvalue weighted by Gasteiger charge is -2.32. The Morgan fingerprint density at radius 3 is 2.58 bits per heavy atom. The van der Waals surface area contributed by atoms with Crippen molar-refractivity contribution in [1.82, 2.24) is 15.5 Å². The number of nitrogens with one attached hydrogen (secondary N) is 2. The minimum absolute atomic E-state index is 0. The summed E-state index contributed by atoms with van der Waals surface area (Å²) in [6.45, 7) is 4.71. The highest BCUT2D eigenvalue weighted by molar-refractivity contribution is 14.0. The van der Waals surface area contributed by atoms with Crippen molar-refractivity contribution in [3.05, 3.63) is 23.8 Å². The third-order valence-electron chi connectivity index (χ3n) is 5.11. The van der Waals surface area contributed by atoms with E-state index in [0.717, 1.165) is 45.6 Å². The molecule has 0 radical (unpaired) electrons. The molecule has 0 aliphatic carbocycles. The Balaban J connectivity index is 0.00000480. The summed E-state index contributed by atoms with van der Waals surface area (Å²) >= 11 is 0. The monoisotopic (exact) mass is 556 g/mol. The quantitative estimate of drug-likeness (QED) is 0.248. The molecule has 0 unspecified atom stereocenters. The largest absolute Gasteiger partial charge is 0.497 e. The van der Waals surface area contributed by atoms with Crippen LogP contribution in [0.4, 0.5) is 8.78 Å². The van der Waals surface area contributed by atoms with E-state index in [0.29, 0.717) is 29.7 Å². The van der Waals surface area contributed by atoms with E-state index in [1.807, 2.05) is 6.92 Å². The number of ether oxygens (including phenoxy) is 3. The highest BCUT2D eigenvalue weighted by Crippen LogP contribution is 2.26. The average Bonchev–Trinajstić information content (AvgIpc) is 2.75. The van der Waals surface area contributed by atoms with Crippen molar-refractivity contribution in [3.8, 4) is 11.5 Å². The van der Waals surface area contributed by atoms with Crippen LogP contribution in [0.15, 0.2) is 23.2 Å². The first kappa shape index (κ1) is 27.6. The maximum atomic E-state index is 12.7. The average molecular weight is 556 g/mol. The summed E-state index contributed by atoms with van der Waals surface area (Å²) < 4.78 is 40.4. The lowest BCUT2D eigenvalue weighted by atomic mass is 9.97. The van der Waals surface area contributed by atoms with Gasteiger partial charge in [-0.2, -0.15) is 8.78 Å². The molecule has 0 atom stereocenters. The Bertz CT molecular complexity index is 660. The number of likely N-dealkylation sites (tertiary alicyclic amines) is 1. The molecule has 178 valence electrons. The maximum Gasteiger partial charge on any atom is 0.387 e. The molecule has 1 fully saturated rings. The van der Waals surface area contributed by atoms with E-state index in [2.05, 4.69) is 25.3 Å². The number of piperidine rings is 1. The summed E-state index contributed by atoms with van der Waals surface area (Å²) in [6, 6.07) is 4.74. The SMILES string of the molecule is CCNC(=NCc1cc(OC)ccc1OC(F)F)NCC1CCN(CCOC)CC1.I. The zero-order valence-electron chi connectivity index (χ0n) is 18.5. The standard InChI is InChI=1S/C21H34F2N4O3.HI/c1-4-24-21(25-14-16-7-9-27(10-8-16)11-12-28-2)26-15-17-13-18(29-3)5-6-19(17)30-20(22)23;/h5-6,13,16,20H,4,7-12,14-15H2,1-3H3,(H2,24,25,26);1H. The van der Waals surface area contributed by atoms with Crippen molar-refractivity contribution < 1.29 is 23.0 Å². The van der Waals surface area contributed by atoms with Crippen LogP contribution in [0.25, 0.3) is 0 Å². The van der Waals surface area contributed by atoms with Gasteiger partial charge in [0.25, 0.3) is 0 Å². The molecule has 2 N–H and O–H groups in total. The molecule has 1 aliphatic heterocycles. The number of nitrogens with zero attached hydrogens (tertiary/aromatic N) is 2. The fourth-order valence-electron chi connectivity index (χ4n) is 3.40. The fourth-order valence-corrected chi connectivity index (χ4v) is 3.40. The normalized spacial score (nSPS) is 15.5. The highest BCUT2D eigenvalue weighted by Gasteiger charge is 2.19. The third-order valence-corrected chi connectivity index (χ3v) is 5.11. The Kier molecular flexibility index (Phi) is 13.7. The van der Waals surface area contributed by atoms with Crippen LogP contribution in [-0.2, 0) is 11.3 Å². The van der Waals surface area contributed by atoms with Crippen LogP contribution in [0.2, 0.25) is 0 Å². The minimum Gasteiger partial charge on any atom is -0.497 e. The zero-order chi connectivity index (χ0) is 21.8. The number of methoxy groups -OCH3 is 2. The molecular formula is C21H35F2IN4O3. The van der Waals surface area contributed by atoms with Crippen LogP contribution in [0.3, 0.4) is 0 Å². The summed E-state index contributed by atoms with van der Waals surface area (Å²) in [5.41, 5.74) is 0.540. The Hall–Kier alpha value is -1.40. The molecule has 2 rings (SSSR count). The molecule has 0 bridgehead atoms. The van der Waals surface area contributed by atoms with Crippen molar-refractivity contribution in [2.45, 2.75) is 32.9 Å². The van der Waals surface area contributed by atoms with E-state index >= 15 is 0 Å². The van der Waals surface area contributed by atoms with Gasteiger partial charge in [-0.15, -0.1) is 24.0 Å². The first-order valence-electron chi connectivity index (χ1n) is 10.4. The van der Waals surface area contributed by atoms with Crippen LogP contribution < -0.4 is 20.1 Å². The van der Waals surface area contributed by atoms with Crippen molar-refractivity contribution >= 4 is 29.9 Å². The summed E-state index contributed by atoms with van der Waals surface area (Å²) in [7, 11) is 3.26. The number of hydrogen-bond acceptors (Lipinski definition) is 5. The zero-order valence-corrected chi connectivity index (χ0v) is 20.9. The molecule has 0 aromatic heterocycles. The van der Waals surface area contributed by atoms with E-state index in [4.69, 9.17) is 9.47 Å². The highest BCUT2D eigenvalue weighted by atomic mass is 127. The van der Waals surface area contributed by atoms with Gasteiger partial charge in [-0.25, -0.2) is 4.99 Å². The lowest BCUT2D eigenvalue weighted by molar-refractivity contribution is -0.0504. The van der Waals surface area contributed by atoms with Gasteiger partial charge in [0.05, 0.1) is 20.3 Å². The summed E-state index contributed by atoms with van der Waals surface area (Å²) in [6.07, 6.45) is 2.25. The van der Waals surface area contributed by atoms with Crippen LogP contribution >= 0.6 is 24.0 Å². The Morgan fingerprint density at radius 2 is 1.97 bits per heavy atom. The van der Waals surface area contributed by atoms with Gasteiger partial charge in [-0.05, 0) is 57.0 Å². The maximum absolute atomic E-state index is 12.7. The number of rotatable bonds is 11. The predicted molar refractivity (Wildman–Crippen MR) is 129 cm³/mol. The second-order valence-corrected chi connectivity index (χ2v) is 7.21. The molecule has 1 aromatic carbocycles. The molecule has 0 amide bonds. The number of hydrogen-bond donors (Lipinski definition) is 2. The lowest BCUT2D eigenvalue weighted by Crippen LogP contribution is -2.43. The van der Waals surface area contributed by atoms with Crippen LogP contribution in [0.1, 0.15) is 25.3 Å². The van der Waals surface area contributed by atoms with Gasteiger partial charge in [0.2, 0.25) is 0 Å². The molecule has 0 spiro atoms. The summed E-state index contributed by atoms with van der Waals surface area (Å²) in [5.74, 6) is 1.90. The van der Waals surface area contributed by atoms with E-state index < -0.39 is 6.61 Å². The smallest absolute Gasteiger partial charge is 0.387 e. The number of benzene rings is 1. The molecule has 1 heterocycles. The Labute approximate surface area is 200 Å². The van der Waals surface area contributed by atoms with Crippen LogP contribution in [-0.4, -0.2) is 71.0 Å². The van der Waals surface area contributed by atoms with Gasteiger partial charge in [-0.3, -0.25) is 0 Å². The van der Waals surface area contributed by atoms with Gasteiger partial charge in [0.15, 0.2) is 5.96 Å². The van der Waals surface area contributed by atoms with Crippen LogP contribution in [0, 0.1) is 5.92 Å². The molecule has 0 saturated carbocycles. The van der Waals surface area contributed by atoms with Crippen molar-refractivity contribution in [3.63, 3.8) is 0 Å². The van der Waals surface area contributed by atoms with Gasteiger partial charge >= 0.3 is 6.61 Å². The predicted octanol–water partition coefficient (Wildman–Crippen LogP) is 3.33. The molecule has 1 aromatic rings. The van der Waals surface area contributed by atoms with E-state index in [1.54, 1.807) is 19.2 Å². The first-order chi connectivity index (χ1) is 14.5. The minimum atomic E-state index is -2.89. The van der Waals surface area contributed by atoms with E-state index in [1.165, 1.54) is 13.2 Å². The molecular weight excluding hydrogens is 521 g/mol. The van der Waals surface area contributed by atoms with Gasteiger partial charge < -0.3 is 29.7 Å². The number of aliphatic imine (C=N–C) groups is 1. The van der Waals surface area contributed by atoms with Gasteiger partial charge in [0.1, 0.15) is 11.5 Å². The first-order valence-corrected chi connectivity index (χ1v) is 10.4. The molecule has 7 nitrogen and oxygen atoms in total. The molecule has 1 aliphatic rings. The van der Waals surface area contributed by atoms with E-state index in [9.17, 15) is 8.78 Å². The summed E-state index contributed by atoms with van der Waals surface area (Å²) in [5, 5.41) is 6.59. The second-order valence-electron chi connectivity index (χ2n) is 7.21. The Morgan fingerprint density at radius 1 is 1.23 bits per heavy atom. The fraction of sp³-hybridized carbons (Fsp3) is 0.667. The van der Waals surface area contributed by atoms with Gasteiger partial charge in [0, 0.05) is 32.3 Å². The van der Waals surface area contributed by atoms with E-state index in [-0.39, 0.29) is 36.3 Å². The number of alkyl halides is 2. The van der Waals surface area contributed by atoms with Crippen molar-refractivity contribution in [2.75, 3.05) is 53.6 Å². The van der Waals surface area contributed by atoms with Crippen LogP contribution in [0.5, 0.6) is 11.5 Å². The molecule has 31 heavy (non-hydrogen) atoms. The van der Waals surface area contributed by atoms with Gasteiger partial charge in [-0.1, -0.05) is 0 Å². The number of guanidine groups is 1. The molecule has 10 heteroatoms. The van der Waals surface area contributed by atoms with Crippen molar-refractivity contribution in [1.29, 1.82) is 0 Å². The van der Waals surface area contributed by atoms with Crippen molar-refractivity contribution in [2.24, 2.45) is 10.9 Å². The third kappa shape index (κ3) is 10.2.